The van der Waals surface area contributed by atoms with Gasteiger partial charge in [-0.25, -0.2) is 4.79 Å². The van der Waals surface area contributed by atoms with Gasteiger partial charge in [-0.05, 0) is 44.1 Å². The Morgan fingerprint density at radius 3 is 2.80 bits per heavy atom. The van der Waals surface area contributed by atoms with Crippen LogP contribution in [0.3, 0.4) is 0 Å². The van der Waals surface area contributed by atoms with Crippen LogP contribution in [-0.4, -0.2) is 44.2 Å². The van der Waals surface area contributed by atoms with E-state index >= 15 is 0 Å². The first-order chi connectivity index (χ1) is 9.70. The molecule has 1 aliphatic rings. The molecule has 0 amide bonds. The van der Waals surface area contributed by atoms with Gasteiger partial charge in [-0.15, -0.1) is 0 Å². The van der Waals surface area contributed by atoms with Gasteiger partial charge in [0.2, 0.25) is 0 Å². The van der Waals surface area contributed by atoms with Gasteiger partial charge in [0.25, 0.3) is 0 Å². The highest BCUT2D eigenvalue weighted by molar-refractivity contribution is 5.91. The van der Waals surface area contributed by atoms with Crippen LogP contribution in [0.15, 0.2) is 18.2 Å². The lowest BCUT2D eigenvalue weighted by atomic mass is 10.1. The van der Waals surface area contributed by atoms with Crippen molar-refractivity contribution in [2.45, 2.75) is 19.3 Å². The molecule has 2 rings (SSSR count). The number of hydrogen-bond donors (Lipinski definition) is 2. The standard InChI is InChI=1S/C15H23N3O2/c1-20-15(19)12-5-6-13(16)14(11-12)17-7-10-18-8-3-2-4-9-18/h5-6,11,17H,2-4,7-10,16H2,1H3. The number of nitrogens with one attached hydrogen (secondary N) is 1. The molecule has 0 radical (unpaired) electrons. The molecule has 1 aromatic carbocycles. The maximum Gasteiger partial charge on any atom is 0.337 e. The Bertz CT molecular complexity index is 456. The van der Waals surface area contributed by atoms with E-state index in [0.717, 1.165) is 18.8 Å². The lowest BCUT2D eigenvalue weighted by molar-refractivity contribution is 0.0601. The van der Waals surface area contributed by atoms with Crippen molar-refractivity contribution >= 4 is 17.3 Å². The van der Waals surface area contributed by atoms with Gasteiger partial charge >= 0.3 is 5.97 Å². The van der Waals surface area contributed by atoms with Gasteiger partial charge in [-0.3, -0.25) is 0 Å². The van der Waals surface area contributed by atoms with Crippen molar-refractivity contribution in [1.82, 2.24) is 4.90 Å². The summed E-state index contributed by atoms with van der Waals surface area (Å²) in [5.41, 5.74) is 7.88. The van der Waals surface area contributed by atoms with Crippen LogP contribution >= 0.6 is 0 Å². The van der Waals surface area contributed by atoms with Gasteiger partial charge in [0.15, 0.2) is 0 Å². The molecule has 0 aliphatic carbocycles. The number of methoxy groups -OCH3 is 1. The minimum atomic E-state index is -0.343. The van der Waals surface area contributed by atoms with E-state index in [-0.39, 0.29) is 5.97 Å². The zero-order chi connectivity index (χ0) is 14.4. The van der Waals surface area contributed by atoms with Gasteiger partial charge in [-0.1, -0.05) is 6.42 Å². The van der Waals surface area contributed by atoms with E-state index in [9.17, 15) is 4.79 Å². The van der Waals surface area contributed by atoms with Crippen molar-refractivity contribution in [1.29, 1.82) is 0 Å². The molecule has 110 valence electrons. The number of ether oxygens (including phenoxy) is 1. The van der Waals surface area contributed by atoms with E-state index in [1.165, 1.54) is 39.5 Å². The lowest BCUT2D eigenvalue weighted by Gasteiger charge is -2.26. The molecular formula is C15H23N3O2. The first-order valence-electron chi connectivity index (χ1n) is 7.15. The molecule has 5 nitrogen and oxygen atoms in total. The average Bonchev–Trinajstić information content (AvgIpc) is 2.49. The molecule has 0 unspecified atom stereocenters. The maximum absolute atomic E-state index is 11.5. The van der Waals surface area contributed by atoms with E-state index < -0.39 is 0 Å². The normalized spacial score (nSPS) is 15.8. The van der Waals surface area contributed by atoms with Crippen molar-refractivity contribution in [3.63, 3.8) is 0 Å². The molecular weight excluding hydrogens is 254 g/mol. The summed E-state index contributed by atoms with van der Waals surface area (Å²) in [5, 5.41) is 3.31. The van der Waals surface area contributed by atoms with Crippen LogP contribution in [-0.2, 0) is 4.74 Å². The topological polar surface area (TPSA) is 67.6 Å². The Kier molecular flexibility index (Phi) is 5.24. The minimum absolute atomic E-state index is 0.343. The zero-order valence-corrected chi connectivity index (χ0v) is 12.0. The molecule has 0 spiro atoms. The fourth-order valence-electron chi connectivity index (χ4n) is 2.49. The largest absolute Gasteiger partial charge is 0.465 e. The number of hydrogen-bond acceptors (Lipinski definition) is 5. The summed E-state index contributed by atoms with van der Waals surface area (Å²) < 4.78 is 4.72. The molecule has 5 heteroatoms. The van der Waals surface area contributed by atoms with Crippen LogP contribution in [0.2, 0.25) is 0 Å². The molecule has 1 fully saturated rings. The third-order valence-corrected chi connectivity index (χ3v) is 3.67. The molecule has 1 aliphatic heterocycles. The fraction of sp³-hybridized carbons (Fsp3) is 0.533. The highest BCUT2D eigenvalue weighted by atomic mass is 16.5. The number of nitrogens with zero attached hydrogens (tertiary/aromatic N) is 1. The average molecular weight is 277 g/mol. The number of likely N-dealkylation sites (tertiary alicyclic amines) is 1. The predicted molar refractivity (Wildman–Crippen MR) is 81.0 cm³/mol. The van der Waals surface area contributed by atoms with Crippen molar-refractivity contribution in [3.05, 3.63) is 23.8 Å². The van der Waals surface area contributed by atoms with Gasteiger partial charge in [0, 0.05) is 13.1 Å². The molecule has 1 saturated heterocycles. The SMILES string of the molecule is COC(=O)c1ccc(N)c(NCCN2CCCCC2)c1. The Morgan fingerprint density at radius 1 is 1.35 bits per heavy atom. The van der Waals surface area contributed by atoms with Crippen molar-refractivity contribution in [3.8, 4) is 0 Å². The summed E-state index contributed by atoms with van der Waals surface area (Å²) in [6.07, 6.45) is 3.93. The molecule has 0 saturated carbocycles. The molecule has 0 bridgehead atoms. The van der Waals surface area contributed by atoms with E-state index in [4.69, 9.17) is 10.5 Å². The summed E-state index contributed by atoms with van der Waals surface area (Å²) in [6, 6.07) is 5.16. The van der Waals surface area contributed by atoms with E-state index in [1.807, 2.05) is 0 Å². The third-order valence-electron chi connectivity index (χ3n) is 3.67. The summed E-state index contributed by atoms with van der Waals surface area (Å²) in [7, 11) is 1.38. The second kappa shape index (κ2) is 7.14. The first kappa shape index (κ1) is 14.7. The molecule has 0 atom stereocenters. The van der Waals surface area contributed by atoms with Crippen molar-refractivity contribution < 1.29 is 9.53 Å². The Balaban J connectivity index is 1.89. The lowest BCUT2D eigenvalue weighted by Crippen LogP contribution is -2.33. The summed E-state index contributed by atoms with van der Waals surface area (Å²) in [4.78, 5) is 14.0. The van der Waals surface area contributed by atoms with Crippen LogP contribution in [0.5, 0.6) is 0 Å². The number of rotatable bonds is 5. The Hall–Kier alpha value is -1.75. The summed E-state index contributed by atoms with van der Waals surface area (Å²) in [6.45, 7) is 4.19. The van der Waals surface area contributed by atoms with Gasteiger partial charge in [0.1, 0.15) is 0 Å². The van der Waals surface area contributed by atoms with Crippen LogP contribution in [0.4, 0.5) is 11.4 Å². The highest BCUT2D eigenvalue weighted by Crippen LogP contribution is 2.20. The smallest absolute Gasteiger partial charge is 0.337 e. The third kappa shape index (κ3) is 3.87. The number of carbonyl (C=O) groups is 1. The number of nitrogens with two attached hydrogens (primary N) is 1. The predicted octanol–water partition coefficient (Wildman–Crippen LogP) is 1.95. The van der Waals surface area contributed by atoms with Crippen LogP contribution in [0, 0.1) is 0 Å². The monoisotopic (exact) mass is 277 g/mol. The number of carbonyl (C=O) groups excluding carboxylic acids is 1. The minimum Gasteiger partial charge on any atom is -0.465 e. The Labute approximate surface area is 120 Å². The zero-order valence-electron chi connectivity index (χ0n) is 12.0. The summed E-state index contributed by atoms with van der Waals surface area (Å²) in [5.74, 6) is -0.343. The number of nitrogen functional groups attached to an aromatic ring is 1. The Morgan fingerprint density at radius 2 is 2.10 bits per heavy atom. The number of benzene rings is 1. The number of anilines is 2. The van der Waals surface area contributed by atoms with E-state index in [1.54, 1.807) is 18.2 Å². The molecule has 0 aromatic heterocycles. The van der Waals surface area contributed by atoms with Gasteiger partial charge in [0.05, 0.1) is 24.0 Å². The number of piperidine rings is 1. The summed E-state index contributed by atoms with van der Waals surface area (Å²) >= 11 is 0. The van der Waals surface area contributed by atoms with Crippen molar-refractivity contribution in [2.24, 2.45) is 0 Å². The van der Waals surface area contributed by atoms with E-state index in [0.29, 0.717) is 11.3 Å². The van der Waals surface area contributed by atoms with Gasteiger partial charge in [-0.2, -0.15) is 0 Å². The second-order valence-corrected chi connectivity index (χ2v) is 5.12. The van der Waals surface area contributed by atoms with Crippen LogP contribution in [0.25, 0.3) is 0 Å². The maximum atomic E-state index is 11.5. The second-order valence-electron chi connectivity index (χ2n) is 5.12. The van der Waals surface area contributed by atoms with Gasteiger partial charge < -0.3 is 20.7 Å². The molecule has 1 heterocycles. The van der Waals surface area contributed by atoms with Crippen molar-refractivity contribution in [2.75, 3.05) is 44.3 Å². The highest BCUT2D eigenvalue weighted by Gasteiger charge is 2.11. The quantitative estimate of drug-likeness (QED) is 0.636. The molecule has 1 aromatic rings. The molecule has 20 heavy (non-hydrogen) atoms. The van der Waals surface area contributed by atoms with E-state index in [2.05, 4.69) is 10.2 Å². The fourth-order valence-corrected chi connectivity index (χ4v) is 2.49. The molecule has 3 N–H and O–H groups in total. The van der Waals surface area contributed by atoms with Crippen LogP contribution < -0.4 is 11.1 Å². The van der Waals surface area contributed by atoms with Crippen LogP contribution in [0.1, 0.15) is 29.6 Å². The first-order valence-corrected chi connectivity index (χ1v) is 7.15. The number of esters is 1.